The summed E-state index contributed by atoms with van der Waals surface area (Å²) in [5, 5.41) is 3.99. The highest BCUT2D eigenvalue weighted by molar-refractivity contribution is 7.94. The van der Waals surface area contributed by atoms with E-state index in [0.29, 0.717) is 17.4 Å². The SMILES string of the molecule is O=S1(=O)CCCC[C]1c1ccc(-c2ccc3sccc3c2)s1. The molecule has 22 heavy (non-hydrogen) atoms. The minimum atomic E-state index is -3.04. The maximum absolute atomic E-state index is 12.2. The largest absolute Gasteiger partial charge is 0.228 e. The Morgan fingerprint density at radius 2 is 1.82 bits per heavy atom. The van der Waals surface area contributed by atoms with E-state index in [1.54, 1.807) is 22.7 Å². The van der Waals surface area contributed by atoms with Gasteiger partial charge in [0.1, 0.15) is 5.25 Å². The Morgan fingerprint density at radius 1 is 0.955 bits per heavy atom. The van der Waals surface area contributed by atoms with Gasteiger partial charge < -0.3 is 0 Å². The molecule has 2 aromatic heterocycles. The van der Waals surface area contributed by atoms with E-state index in [1.807, 2.05) is 12.1 Å². The molecule has 0 amide bonds. The number of rotatable bonds is 2. The van der Waals surface area contributed by atoms with Crippen molar-refractivity contribution in [3.8, 4) is 10.4 Å². The second-order valence-electron chi connectivity index (χ2n) is 5.54. The van der Waals surface area contributed by atoms with Crippen LogP contribution in [0.25, 0.3) is 20.5 Å². The summed E-state index contributed by atoms with van der Waals surface area (Å²) in [4.78, 5) is 2.05. The Kier molecular flexibility index (Phi) is 3.59. The average Bonchev–Trinajstić information content (AvgIpc) is 3.15. The van der Waals surface area contributed by atoms with Crippen LogP contribution in [0.2, 0.25) is 0 Å². The molecule has 1 saturated heterocycles. The third-order valence-electron chi connectivity index (χ3n) is 4.06. The van der Waals surface area contributed by atoms with Gasteiger partial charge in [0.05, 0.1) is 5.75 Å². The van der Waals surface area contributed by atoms with E-state index >= 15 is 0 Å². The van der Waals surface area contributed by atoms with E-state index in [9.17, 15) is 8.42 Å². The number of benzene rings is 1. The first-order valence-electron chi connectivity index (χ1n) is 7.30. The van der Waals surface area contributed by atoms with Gasteiger partial charge in [0.2, 0.25) is 0 Å². The third-order valence-corrected chi connectivity index (χ3v) is 8.28. The summed E-state index contributed by atoms with van der Waals surface area (Å²) in [7, 11) is -3.04. The van der Waals surface area contributed by atoms with Crippen LogP contribution >= 0.6 is 22.7 Å². The molecule has 1 aliphatic heterocycles. The molecule has 0 unspecified atom stereocenters. The van der Waals surface area contributed by atoms with Crippen LogP contribution < -0.4 is 0 Å². The lowest BCUT2D eigenvalue weighted by Crippen LogP contribution is -2.21. The summed E-state index contributed by atoms with van der Waals surface area (Å²) in [5.41, 5.74) is 1.16. The first-order valence-corrected chi connectivity index (χ1v) is 10.6. The summed E-state index contributed by atoms with van der Waals surface area (Å²) in [6.07, 6.45) is 2.45. The van der Waals surface area contributed by atoms with E-state index < -0.39 is 9.84 Å². The highest BCUT2D eigenvalue weighted by Crippen LogP contribution is 2.39. The van der Waals surface area contributed by atoms with Crippen LogP contribution in [0.15, 0.2) is 41.8 Å². The van der Waals surface area contributed by atoms with E-state index in [4.69, 9.17) is 0 Å². The van der Waals surface area contributed by atoms with Gasteiger partial charge in [-0.15, -0.1) is 22.7 Å². The molecular weight excluding hydrogens is 332 g/mol. The van der Waals surface area contributed by atoms with Crippen LogP contribution in [0.5, 0.6) is 0 Å². The average molecular weight is 348 g/mol. The number of hydrogen-bond donors (Lipinski definition) is 0. The molecule has 1 aromatic carbocycles. The zero-order chi connectivity index (χ0) is 15.2. The van der Waals surface area contributed by atoms with E-state index in [2.05, 4.69) is 29.6 Å². The fraction of sp³-hybridized carbons (Fsp3) is 0.235. The van der Waals surface area contributed by atoms with Gasteiger partial charge in [0.25, 0.3) is 0 Å². The first-order chi connectivity index (χ1) is 10.6. The van der Waals surface area contributed by atoms with Gasteiger partial charge in [-0.2, -0.15) is 0 Å². The second-order valence-corrected chi connectivity index (χ2v) is 9.70. The van der Waals surface area contributed by atoms with Crippen molar-refractivity contribution in [1.82, 2.24) is 0 Å². The predicted octanol–water partition coefficient (Wildman–Crippen LogP) is 5.11. The van der Waals surface area contributed by atoms with Gasteiger partial charge in [-0.25, -0.2) is 8.42 Å². The molecule has 3 aromatic rings. The number of thiophene rings is 2. The summed E-state index contributed by atoms with van der Waals surface area (Å²) in [6, 6.07) is 12.6. The van der Waals surface area contributed by atoms with Crippen molar-refractivity contribution < 1.29 is 8.42 Å². The lowest BCUT2D eigenvalue weighted by molar-refractivity contribution is 0.578. The normalized spacial score (nSPS) is 18.7. The zero-order valence-electron chi connectivity index (χ0n) is 11.9. The summed E-state index contributed by atoms with van der Waals surface area (Å²) >= 11 is 3.33. The van der Waals surface area contributed by atoms with Crippen molar-refractivity contribution in [2.75, 3.05) is 5.75 Å². The number of fused-ring (bicyclic) bond motifs is 1. The minimum absolute atomic E-state index is 0.302. The Labute approximate surface area is 138 Å². The fourth-order valence-electron chi connectivity index (χ4n) is 2.90. The Balaban J connectivity index is 1.71. The molecule has 0 bridgehead atoms. The second kappa shape index (κ2) is 5.48. The molecule has 1 fully saturated rings. The minimum Gasteiger partial charge on any atom is -0.228 e. The van der Waals surface area contributed by atoms with Crippen molar-refractivity contribution in [1.29, 1.82) is 0 Å². The number of hydrogen-bond acceptors (Lipinski definition) is 4. The first kappa shape index (κ1) is 14.4. The standard InChI is InChI=1S/C17H15O2S3/c18-22(19)10-2-1-3-17(22)16-7-6-15(21-16)12-4-5-14-13(11-12)8-9-20-14/h4-9,11H,1-3,10H2. The summed E-state index contributed by atoms with van der Waals surface area (Å²) in [5.74, 6) is 0.302. The van der Waals surface area contributed by atoms with Gasteiger partial charge in [-0.05, 0) is 59.5 Å². The zero-order valence-corrected chi connectivity index (χ0v) is 14.4. The van der Waals surface area contributed by atoms with Crippen molar-refractivity contribution in [2.45, 2.75) is 19.3 Å². The topological polar surface area (TPSA) is 34.1 Å². The smallest absolute Gasteiger partial charge is 0.162 e. The van der Waals surface area contributed by atoms with Crippen LogP contribution in [-0.2, 0) is 9.84 Å². The van der Waals surface area contributed by atoms with Gasteiger partial charge in [0, 0.05) is 14.5 Å². The van der Waals surface area contributed by atoms with Crippen LogP contribution in [0, 0.1) is 5.25 Å². The molecule has 1 radical (unpaired) electrons. The molecule has 0 aliphatic carbocycles. The Morgan fingerprint density at radius 3 is 2.68 bits per heavy atom. The highest BCUT2D eigenvalue weighted by Gasteiger charge is 2.32. The van der Waals surface area contributed by atoms with Crippen molar-refractivity contribution >= 4 is 42.6 Å². The lowest BCUT2D eigenvalue weighted by Gasteiger charge is -2.19. The molecule has 2 nitrogen and oxygen atoms in total. The molecule has 3 heterocycles. The monoisotopic (exact) mass is 347 g/mol. The molecule has 0 spiro atoms. The third kappa shape index (κ3) is 2.51. The van der Waals surface area contributed by atoms with Gasteiger partial charge >= 0.3 is 0 Å². The fourth-order valence-corrected chi connectivity index (χ4v) is 6.80. The van der Waals surface area contributed by atoms with E-state index in [0.717, 1.165) is 28.2 Å². The number of sulfone groups is 1. The molecule has 0 N–H and O–H groups in total. The summed E-state index contributed by atoms with van der Waals surface area (Å²) < 4.78 is 25.8. The molecule has 113 valence electrons. The van der Waals surface area contributed by atoms with E-state index in [-0.39, 0.29) is 0 Å². The molecule has 4 rings (SSSR count). The highest BCUT2D eigenvalue weighted by atomic mass is 32.2. The van der Waals surface area contributed by atoms with Gasteiger partial charge in [0.15, 0.2) is 9.84 Å². The van der Waals surface area contributed by atoms with Crippen LogP contribution in [0.1, 0.15) is 24.1 Å². The summed E-state index contributed by atoms with van der Waals surface area (Å²) in [6.45, 7) is 0. The van der Waals surface area contributed by atoms with Gasteiger partial charge in [-0.3, -0.25) is 0 Å². The van der Waals surface area contributed by atoms with Crippen molar-refractivity contribution in [3.05, 3.63) is 51.9 Å². The van der Waals surface area contributed by atoms with Crippen molar-refractivity contribution in [2.24, 2.45) is 0 Å². The van der Waals surface area contributed by atoms with Crippen LogP contribution in [0.3, 0.4) is 0 Å². The Hall–Kier alpha value is -1.17. The maximum atomic E-state index is 12.2. The lowest BCUT2D eigenvalue weighted by atomic mass is 10.1. The molecule has 0 atom stereocenters. The molecule has 0 saturated carbocycles. The molecule has 1 aliphatic rings. The van der Waals surface area contributed by atoms with E-state index in [1.165, 1.54) is 10.1 Å². The van der Waals surface area contributed by atoms with Crippen LogP contribution in [0.4, 0.5) is 0 Å². The molecular formula is C17H15O2S3. The van der Waals surface area contributed by atoms with Crippen molar-refractivity contribution in [3.63, 3.8) is 0 Å². The maximum Gasteiger partial charge on any atom is 0.162 e. The predicted molar refractivity (Wildman–Crippen MR) is 95.1 cm³/mol. The molecule has 5 heteroatoms. The van der Waals surface area contributed by atoms with Crippen LogP contribution in [-0.4, -0.2) is 14.2 Å². The van der Waals surface area contributed by atoms with Gasteiger partial charge in [-0.1, -0.05) is 12.5 Å². The Bertz CT molecular complexity index is 918. The quantitative estimate of drug-likeness (QED) is 0.645.